The van der Waals surface area contributed by atoms with E-state index in [1.54, 1.807) is 11.8 Å². The molecule has 45 heavy (non-hydrogen) atoms. The summed E-state index contributed by atoms with van der Waals surface area (Å²) in [5.41, 5.74) is 5.98. The summed E-state index contributed by atoms with van der Waals surface area (Å²) in [6.07, 6.45) is -2.23. The van der Waals surface area contributed by atoms with Crippen molar-refractivity contribution < 1.29 is 22.7 Å². The molecule has 1 N–H and O–H groups in total. The van der Waals surface area contributed by atoms with Gasteiger partial charge in [0.25, 0.3) is 0 Å². The van der Waals surface area contributed by atoms with Crippen LogP contribution in [0.1, 0.15) is 55.7 Å². The van der Waals surface area contributed by atoms with Gasteiger partial charge in [-0.2, -0.15) is 4.99 Å². The van der Waals surface area contributed by atoms with Crippen LogP contribution in [0.2, 0.25) is 0 Å². The maximum absolute atomic E-state index is 12.9. The van der Waals surface area contributed by atoms with Crippen molar-refractivity contribution in [3.63, 3.8) is 0 Å². The van der Waals surface area contributed by atoms with Gasteiger partial charge in [0.05, 0.1) is 5.69 Å². The average molecular weight is 637 g/mol. The molecule has 0 saturated carbocycles. The Bertz CT molecular complexity index is 1650. The molecule has 12 heteroatoms. The van der Waals surface area contributed by atoms with E-state index in [9.17, 15) is 18.0 Å². The van der Waals surface area contributed by atoms with Gasteiger partial charge in [0, 0.05) is 30.1 Å². The van der Waals surface area contributed by atoms with Gasteiger partial charge in [-0.05, 0) is 72.2 Å². The Morgan fingerprint density at radius 3 is 2.49 bits per heavy atom. The van der Waals surface area contributed by atoms with Gasteiger partial charge in [-0.15, -0.1) is 18.3 Å². The number of carbonyl (C=O) groups excluding carboxylic acids is 1. The Morgan fingerprint density at radius 2 is 1.80 bits per heavy atom. The number of thioether (sulfide) groups is 1. The molecule has 2 heterocycles. The van der Waals surface area contributed by atoms with Gasteiger partial charge in [0.15, 0.2) is 11.0 Å². The lowest BCUT2D eigenvalue weighted by molar-refractivity contribution is -0.274. The van der Waals surface area contributed by atoms with E-state index in [1.165, 1.54) is 46.4 Å². The van der Waals surface area contributed by atoms with Gasteiger partial charge in [0.2, 0.25) is 0 Å². The SMILES string of the molecule is Cc1cccc(N2CCCS/C2=N\C(=O)NCC(C)c2ccc(-c3ncn(-c4ccc(OC(F)(F)F)cc4)n3)cc2)c1C(C)C. The number of aromatic nitrogens is 3. The van der Waals surface area contributed by atoms with Crippen LogP contribution in [0.25, 0.3) is 17.1 Å². The van der Waals surface area contributed by atoms with Crippen LogP contribution in [0.4, 0.5) is 23.7 Å². The fraction of sp³-hybridized carbons (Fsp3) is 0.333. The van der Waals surface area contributed by atoms with E-state index < -0.39 is 6.36 Å². The van der Waals surface area contributed by atoms with Crippen molar-refractivity contribution >= 4 is 28.6 Å². The maximum Gasteiger partial charge on any atom is 0.573 e. The standard InChI is InChI=1S/C33H35F3N6O2S/c1-21(2)29-22(3)7-5-8-28(29)41-17-6-18-45-32(41)39-31(43)37-19-23(4)24-9-11-25(12-10-24)30-38-20-42(40-30)26-13-15-27(16-14-26)44-33(34,35)36/h5,7-16,20-21,23H,6,17-19H2,1-4H3,(H,37,43)/b39-32-. The second-order valence-electron chi connectivity index (χ2n) is 11.2. The number of benzene rings is 3. The van der Waals surface area contributed by atoms with Crippen molar-refractivity contribution in [2.75, 3.05) is 23.7 Å². The first-order valence-electron chi connectivity index (χ1n) is 14.7. The highest BCUT2D eigenvalue weighted by atomic mass is 32.2. The number of ether oxygens (including phenoxy) is 1. The molecule has 0 spiro atoms. The molecule has 5 rings (SSSR count). The summed E-state index contributed by atoms with van der Waals surface area (Å²) in [7, 11) is 0. The number of aryl methyl sites for hydroxylation is 1. The first kappa shape index (κ1) is 32.1. The number of hydrogen-bond donors (Lipinski definition) is 1. The number of anilines is 1. The van der Waals surface area contributed by atoms with Gasteiger partial charge >= 0.3 is 12.4 Å². The Balaban J connectivity index is 1.20. The van der Waals surface area contributed by atoms with Crippen LogP contribution in [-0.4, -0.2) is 51.2 Å². The third-order valence-electron chi connectivity index (χ3n) is 7.48. The Hall–Kier alpha value is -4.32. The number of hydrogen-bond acceptors (Lipinski definition) is 5. The van der Waals surface area contributed by atoms with E-state index >= 15 is 0 Å². The monoisotopic (exact) mass is 636 g/mol. The van der Waals surface area contributed by atoms with Gasteiger partial charge in [-0.1, -0.05) is 68.9 Å². The number of halogens is 3. The molecule has 236 valence electrons. The average Bonchev–Trinajstić information content (AvgIpc) is 3.50. The highest BCUT2D eigenvalue weighted by Gasteiger charge is 2.31. The lowest BCUT2D eigenvalue weighted by atomic mass is 9.95. The van der Waals surface area contributed by atoms with Crippen LogP contribution in [0.3, 0.4) is 0 Å². The Morgan fingerprint density at radius 1 is 1.07 bits per heavy atom. The number of rotatable bonds is 8. The van der Waals surface area contributed by atoms with E-state index in [2.05, 4.69) is 69.0 Å². The lowest BCUT2D eigenvalue weighted by Crippen LogP contribution is -2.37. The topological polar surface area (TPSA) is 84.6 Å². The van der Waals surface area contributed by atoms with Crippen molar-refractivity contribution in [1.82, 2.24) is 20.1 Å². The third-order valence-corrected chi connectivity index (χ3v) is 8.54. The quantitative estimate of drug-likeness (QED) is 0.211. The summed E-state index contributed by atoms with van der Waals surface area (Å²) in [5.74, 6) is 1.47. The van der Waals surface area contributed by atoms with Gasteiger partial charge < -0.3 is 15.0 Å². The predicted molar refractivity (Wildman–Crippen MR) is 172 cm³/mol. The molecule has 0 aliphatic carbocycles. The Labute approximate surface area is 264 Å². The zero-order valence-electron chi connectivity index (χ0n) is 25.5. The molecule has 8 nitrogen and oxygen atoms in total. The molecule has 1 saturated heterocycles. The van der Waals surface area contributed by atoms with Crippen LogP contribution >= 0.6 is 11.8 Å². The lowest BCUT2D eigenvalue weighted by Gasteiger charge is -2.32. The molecule has 1 fully saturated rings. The van der Waals surface area contributed by atoms with Gasteiger partial charge in [0.1, 0.15) is 12.1 Å². The van der Waals surface area contributed by atoms with Crippen LogP contribution < -0.4 is 15.0 Å². The highest BCUT2D eigenvalue weighted by molar-refractivity contribution is 8.14. The minimum absolute atomic E-state index is 0.0329. The van der Waals surface area contributed by atoms with Crippen LogP contribution in [-0.2, 0) is 0 Å². The summed E-state index contributed by atoms with van der Waals surface area (Å²) in [6.45, 7) is 9.77. The molecular formula is C33H35F3N6O2S. The summed E-state index contributed by atoms with van der Waals surface area (Å²) >= 11 is 1.61. The van der Waals surface area contributed by atoms with Crippen molar-refractivity contribution in [3.8, 4) is 22.8 Å². The fourth-order valence-electron chi connectivity index (χ4n) is 5.29. The minimum atomic E-state index is -4.75. The van der Waals surface area contributed by atoms with Crippen LogP contribution in [0.15, 0.2) is 78.0 Å². The molecular weight excluding hydrogens is 601 g/mol. The minimum Gasteiger partial charge on any atom is -0.406 e. The smallest absolute Gasteiger partial charge is 0.406 e. The largest absolute Gasteiger partial charge is 0.573 e. The van der Waals surface area contributed by atoms with Crippen molar-refractivity contribution in [2.45, 2.75) is 52.3 Å². The van der Waals surface area contributed by atoms with Gasteiger partial charge in [-0.25, -0.2) is 14.5 Å². The number of nitrogens with zero attached hydrogens (tertiary/aromatic N) is 5. The molecule has 4 aromatic rings. The molecule has 2 amide bonds. The zero-order chi connectivity index (χ0) is 32.1. The highest BCUT2D eigenvalue weighted by Crippen LogP contribution is 2.34. The van der Waals surface area contributed by atoms with Crippen molar-refractivity contribution in [2.24, 2.45) is 4.99 Å². The van der Waals surface area contributed by atoms with E-state index in [0.717, 1.165) is 40.7 Å². The zero-order valence-corrected chi connectivity index (χ0v) is 26.3. The maximum atomic E-state index is 12.9. The Kier molecular flexibility index (Phi) is 9.81. The number of aliphatic imine (C=N–C) groups is 1. The first-order valence-corrected chi connectivity index (χ1v) is 15.7. The van der Waals surface area contributed by atoms with E-state index in [4.69, 9.17) is 0 Å². The van der Waals surface area contributed by atoms with Crippen LogP contribution in [0, 0.1) is 6.92 Å². The number of amidine groups is 1. The molecule has 1 aromatic heterocycles. The van der Waals surface area contributed by atoms with E-state index in [-0.39, 0.29) is 17.7 Å². The number of amides is 2. The number of nitrogens with one attached hydrogen (secondary N) is 1. The summed E-state index contributed by atoms with van der Waals surface area (Å²) < 4.78 is 42.7. The first-order chi connectivity index (χ1) is 21.5. The summed E-state index contributed by atoms with van der Waals surface area (Å²) in [5, 5.41) is 8.15. The fourth-order valence-corrected chi connectivity index (χ4v) is 6.24. The number of urea groups is 1. The predicted octanol–water partition coefficient (Wildman–Crippen LogP) is 8.08. The number of alkyl halides is 3. The molecule has 1 atom stereocenters. The molecule has 1 unspecified atom stereocenters. The molecule has 3 aromatic carbocycles. The third kappa shape index (κ3) is 8.05. The molecule has 1 aliphatic heterocycles. The van der Waals surface area contributed by atoms with E-state index in [0.29, 0.717) is 24.0 Å². The van der Waals surface area contributed by atoms with E-state index in [1.807, 2.05) is 31.2 Å². The van der Waals surface area contributed by atoms with Crippen molar-refractivity contribution in [1.29, 1.82) is 0 Å². The van der Waals surface area contributed by atoms with Gasteiger partial charge in [-0.3, -0.25) is 0 Å². The molecule has 0 radical (unpaired) electrons. The summed E-state index contributed by atoms with van der Waals surface area (Å²) in [4.78, 5) is 23.9. The van der Waals surface area contributed by atoms with Crippen LogP contribution in [0.5, 0.6) is 5.75 Å². The summed E-state index contributed by atoms with van der Waals surface area (Å²) in [6, 6.07) is 19.1. The normalized spacial score (nSPS) is 15.4. The second kappa shape index (κ2) is 13.8. The van der Waals surface area contributed by atoms with Crippen molar-refractivity contribution in [3.05, 3.63) is 89.7 Å². The number of carbonyl (C=O) groups is 1. The second-order valence-corrected chi connectivity index (χ2v) is 12.2. The molecule has 1 aliphatic rings. The molecule has 0 bridgehead atoms.